The fourth-order valence-corrected chi connectivity index (χ4v) is 3.16. The summed E-state index contributed by atoms with van der Waals surface area (Å²) in [4.78, 5) is 4.76. The molecule has 1 unspecified atom stereocenters. The molecule has 2 aliphatic rings. The third kappa shape index (κ3) is 7.86. The second kappa shape index (κ2) is 11.7. The molecule has 152 valence electrons. The van der Waals surface area contributed by atoms with Gasteiger partial charge in [-0.05, 0) is 44.2 Å². The van der Waals surface area contributed by atoms with E-state index < -0.39 is 0 Å². The van der Waals surface area contributed by atoms with Gasteiger partial charge in [-0.15, -0.1) is 24.0 Å². The summed E-state index contributed by atoms with van der Waals surface area (Å²) in [5.74, 6) is 3.29. The van der Waals surface area contributed by atoms with Gasteiger partial charge >= 0.3 is 0 Å². The molecule has 1 saturated carbocycles. The van der Waals surface area contributed by atoms with Gasteiger partial charge in [-0.2, -0.15) is 0 Å². The number of aliphatic imine (C=N–C) groups is 1. The van der Waals surface area contributed by atoms with E-state index in [2.05, 4.69) is 42.7 Å². The summed E-state index contributed by atoms with van der Waals surface area (Å²) in [6.07, 6.45) is 5.12. The van der Waals surface area contributed by atoms with E-state index in [1.54, 1.807) is 0 Å². The molecule has 1 aromatic carbocycles. The predicted molar refractivity (Wildman–Crippen MR) is 121 cm³/mol. The molecule has 1 aromatic rings. The maximum Gasteiger partial charge on any atom is 0.191 e. The van der Waals surface area contributed by atoms with Crippen LogP contribution in [0.15, 0.2) is 23.2 Å². The SMILES string of the molecule is CCNC(=NCc1ccc(C)cc1OCC1CCOC1)NCCC1CC1.I. The first kappa shape index (κ1) is 22.3. The molecule has 0 aromatic heterocycles. The minimum atomic E-state index is 0. The molecule has 0 bridgehead atoms. The molecule has 1 aliphatic heterocycles. The van der Waals surface area contributed by atoms with Crippen molar-refractivity contribution in [2.75, 3.05) is 32.9 Å². The Kier molecular flexibility index (Phi) is 9.68. The van der Waals surface area contributed by atoms with Crippen LogP contribution >= 0.6 is 24.0 Å². The maximum absolute atomic E-state index is 6.12. The molecule has 0 amide bonds. The van der Waals surface area contributed by atoms with Gasteiger partial charge in [0.1, 0.15) is 5.75 Å². The van der Waals surface area contributed by atoms with Crippen molar-refractivity contribution in [3.63, 3.8) is 0 Å². The second-order valence-corrected chi connectivity index (χ2v) is 7.51. The Labute approximate surface area is 180 Å². The van der Waals surface area contributed by atoms with Crippen molar-refractivity contribution < 1.29 is 9.47 Å². The van der Waals surface area contributed by atoms with Crippen LogP contribution in [-0.2, 0) is 11.3 Å². The summed E-state index contributed by atoms with van der Waals surface area (Å²) in [5, 5.41) is 6.79. The van der Waals surface area contributed by atoms with E-state index >= 15 is 0 Å². The molecule has 6 heteroatoms. The Morgan fingerprint density at radius 3 is 2.78 bits per heavy atom. The highest BCUT2D eigenvalue weighted by atomic mass is 127. The minimum absolute atomic E-state index is 0. The number of nitrogens with one attached hydrogen (secondary N) is 2. The summed E-state index contributed by atoms with van der Waals surface area (Å²) in [6, 6.07) is 6.38. The minimum Gasteiger partial charge on any atom is -0.493 e. The first-order valence-electron chi connectivity index (χ1n) is 10.1. The first-order chi connectivity index (χ1) is 12.7. The van der Waals surface area contributed by atoms with Crippen LogP contribution in [-0.4, -0.2) is 38.9 Å². The van der Waals surface area contributed by atoms with Crippen LogP contribution in [0.25, 0.3) is 0 Å². The van der Waals surface area contributed by atoms with Crippen molar-refractivity contribution >= 4 is 29.9 Å². The number of hydrogen-bond acceptors (Lipinski definition) is 3. The average Bonchev–Trinajstić information content (AvgIpc) is 3.31. The van der Waals surface area contributed by atoms with Gasteiger partial charge in [-0.25, -0.2) is 4.99 Å². The van der Waals surface area contributed by atoms with E-state index in [-0.39, 0.29) is 24.0 Å². The van der Waals surface area contributed by atoms with E-state index in [0.717, 1.165) is 62.5 Å². The quantitative estimate of drug-likeness (QED) is 0.316. The van der Waals surface area contributed by atoms with Gasteiger partial charge in [0.25, 0.3) is 0 Å². The zero-order valence-corrected chi connectivity index (χ0v) is 19.0. The molecular weight excluding hydrogens is 453 g/mol. The highest BCUT2D eigenvalue weighted by molar-refractivity contribution is 14.0. The molecule has 1 atom stereocenters. The number of hydrogen-bond donors (Lipinski definition) is 2. The van der Waals surface area contributed by atoms with Gasteiger partial charge in [0.05, 0.1) is 19.8 Å². The van der Waals surface area contributed by atoms with Crippen LogP contribution < -0.4 is 15.4 Å². The van der Waals surface area contributed by atoms with E-state index in [9.17, 15) is 0 Å². The van der Waals surface area contributed by atoms with E-state index in [1.807, 2.05) is 0 Å². The zero-order valence-electron chi connectivity index (χ0n) is 16.6. The molecular formula is C21H34IN3O2. The van der Waals surface area contributed by atoms with E-state index in [1.165, 1.54) is 24.8 Å². The number of rotatable bonds is 9. The Morgan fingerprint density at radius 2 is 2.07 bits per heavy atom. The average molecular weight is 487 g/mol. The Bertz CT molecular complexity index is 599. The molecule has 1 saturated heterocycles. The highest BCUT2D eigenvalue weighted by Crippen LogP contribution is 2.31. The van der Waals surface area contributed by atoms with Crippen LogP contribution in [0.1, 0.15) is 43.7 Å². The lowest BCUT2D eigenvalue weighted by Crippen LogP contribution is -2.37. The topological polar surface area (TPSA) is 54.9 Å². The number of nitrogens with zero attached hydrogens (tertiary/aromatic N) is 1. The summed E-state index contributed by atoms with van der Waals surface area (Å²) in [6.45, 7) is 9.08. The lowest BCUT2D eigenvalue weighted by molar-refractivity contribution is 0.166. The van der Waals surface area contributed by atoms with Crippen LogP contribution in [0.5, 0.6) is 5.75 Å². The molecule has 0 spiro atoms. The molecule has 2 fully saturated rings. The molecule has 1 aliphatic carbocycles. The van der Waals surface area contributed by atoms with Gasteiger partial charge in [0, 0.05) is 31.2 Å². The van der Waals surface area contributed by atoms with Gasteiger partial charge in [-0.1, -0.05) is 25.0 Å². The third-order valence-electron chi connectivity index (χ3n) is 5.01. The predicted octanol–water partition coefficient (Wildman–Crippen LogP) is 3.88. The lowest BCUT2D eigenvalue weighted by atomic mass is 10.1. The van der Waals surface area contributed by atoms with Crippen LogP contribution in [0.4, 0.5) is 0 Å². The van der Waals surface area contributed by atoms with Gasteiger partial charge in [0.2, 0.25) is 0 Å². The maximum atomic E-state index is 6.12. The van der Waals surface area contributed by atoms with Gasteiger partial charge in [0.15, 0.2) is 5.96 Å². The molecule has 5 nitrogen and oxygen atoms in total. The van der Waals surface area contributed by atoms with Crippen molar-refractivity contribution in [1.29, 1.82) is 0 Å². The highest BCUT2D eigenvalue weighted by Gasteiger charge is 2.20. The summed E-state index contributed by atoms with van der Waals surface area (Å²) in [5.41, 5.74) is 2.35. The molecule has 27 heavy (non-hydrogen) atoms. The van der Waals surface area contributed by atoms with Crippen LogP contribution in [0.3, 0.4) is 0 Å². The van der Waals surface area contributed by atoms with Crippen molar-refractivity contribution in [2.45, 2.75) is 46.1 Å². The molecule has 2 N–H and O–H groups in total. The number of ether oxygens (including phenoxy) is 2. The number of halogens is 1. The van der Waals surface area contributed by atoms with Crippen molar-refractivity contribution in [3.8, 4) is 5.75 Å². The Hall–Kier alpha value is -1.02. The number of guanidine groups is 1. The largest absolute Gasteiger partial charge is 0.493 e. The Morgan fingerprint density at radius 1 is 1.22 bits per heavy atom. The number of aryl methyl sites for hydroxylation is 1. The summed E-state index contributed by atoms with van der Waals surface area (Å²) in [7, 11) is 0. The van der Waals surface area contributed by atoms with Crippen LogP contribution in [0, 0.1) is 18.8 Å². The Balaban J connectivity index is 0.00000261. The lowest BCUT2D eigenvalue weighted by Gasteiger charge is -2.15. The fraction of sp³-hybridized carbons (Fsp3) is 0.667. The molecule has 1 heterocycles. The standard InChI is InChI=1S/C21H33N3O2.HI/c1-3-22-21(23-10-8-17-5-6-17)24-13-19-7-4-16(2)12-20(19)26-15-18-9-11-25-14-18;/h4,7,12,17-18H,3,5-6,8-11,13-15H2,1-2H3,(H2,22,23,24);1H. The number of benzene rings is 1. The van der Waals surface area contributed by atoms with Crippen LogP contribution in [0.2, 0.25) is 0 Å². The van der Waals surface area contributed by atoms with Crippen molar-refractivity contribution in [3.05, 3.63) is 29.3 Å². The van der Waals surface area contributed by atoms with E-state index in [4.69, 9.17) is 14.5 Å². The third-order valence-corrected chi connectivity index (χ3v) is 5.01. The monoisotopic (exact) mass is 487 g/mol. The first-order valence-corrected chi connectivity index (χ1v) is 10.1. The van der Waals surface area contributed by atoms with Crippen molar-refractivity contribution in [1.82, 2.24) is 10.6 Å². The molecule has 0 radical (unpaired) electrons. The fourth-order valence-electron chi connectivity index (χ4n) is 3.16. The smallest absolute Gasteiger partial charge is 0.191 e. The summed E-state index contributed by atoms with van der Waals surface area (Å²) < 4.78 is 11.6. The van der Waals surface area contributed by atoms with Gasteiger partial charge < -0.3 is 20.1 Å². The van der Waals surface area contributed by atoms with Crippen molar-refractivity contribution in [2.24, 2.45) is 16.8 Å². The zero-order chi connectivity index (χ0) is 18.2. The normalized spacial score (nSPS) is 19.5. The summed E-state index contributed by atoms with van der Waals surface area (Å²) >= 11 is 0. The molecule has 3 rings (SSSR count). The van der Waals surface area contributed by atoms with Gasteiger partial charge in [-0.3, -0.25) is 0 Å². The van der Waals surface area contributed by atoms with E-state index in [0.29, 0.717) is 12.5 Å². The second-order valence-electron chi connectivity index (χ2n) is 7.51.